The first kappa shape index (κ1) is 14.1. The Bertz CT molecular complexity index is 884. The first-order valence-corrected chi connectivity index (χ1v) is 8.44. The Kier molecular flexibility index (Phi) is 3.17. The summed E-state index contributed by atoms with van der Waals surface area (Å²) in [6.07, 6.45) is 7.22. The van der Waals surface area contributed by atoms with E-state index in [1.165, 1.54) is 5.56 Å². The van der Waals surface area contributed by atoms with Crippen molar-refractivity contribution in [1.82, 2.24) is 29.3 Å². The van der Waals surface area contributed by atoms with E-state index in [4.69, 9.17) is 9.72 Å². The molecule has 1 fully saturated rings. The summed E-state index contributed by atoms with van der Waals surface area (Å²) < 4.78 is 10.2. The van der Waals surface area contributed by atoms with Crippen LogP contribution in [0.4, 0.5) is 0 Å². The highest BCUT2D eigenvalue weighted by Gasteiger charge is 2.36. The van der Waals surface area contributed by atoms with E-state index in [0.717, 1.165) is 43.1 Å². The fourth-order valence-electron chi connectivity index (χ4n) is 3.90. The van der Waals surface area contributed by atoms with Crippen molar-refractivity contribution in [2.75, 3.05) is 13.1 Å². The van der Waals surface area contributed by atoms with E-state index in [2.05, 4.69) is 55.7 Å². The number of nitrogens with zero attached hydrogens (tertiary/aromatic N) is 6. The quantitative estimate of drug-likeness (QED) is 0.716. The number of likely N-dealkylation sites (tertiary alicyclic amines) is 1. The van der Waals surface area contributed by atoms with Crippen LogP contribution < -0.4 is 0 Å². The molecule has 1 saturated heterocycles. The molecule has 0 saturated carbocycles. The van der Waals surface area contributed by atoms with Gasteiger partial charge < -0.3 is 9.14 Å². The fraction of sp³-hybridized carbons (Fsp3) is 0.471. The van der Waals surface area contributed by atoms with E-state index in [-0.39, 0.29) is 6.10 Å². The van der Waals surface area contributed by atoms with Crippen LogP contribution in [0.3, 0.4) is 0 Å². The number of fused-ring (bicyclic) bond motifs is 4. The minimum atomic E-state index is 0.187. The molecule has 0 spiro atoms. The van der Waals surface area contributed by atoms with Crippen molar-refractivity contribution < 1.29 is 4.74 Å². The number of rotatable bonds is 2. The molecule has 0 bridgehead atoms. The average Bonchev–Trinajstić information content (AvgIpc) is 3.21. The highest BCUT2D eigenvalue weighted by Crippen LogP contribution is 2.30. The molecule has 0 radical (unpaired) electrons. The lowest BCUT2D eigenvalue weighted by Crippen LogP contribution is -2.48. The Morgan fingerprint density at radius 2 is 2.33 bits per heavy atom. The zero-order valence-electron chi connectivity index (χ0n) is 13.7. The summed E-state index contributed by atoms with van der Waals surface area (Å²) in [6, 6.07) is 4.48. The molecule has 2 aliphatic rings. The van der Waals surface area contributed by atoms with Crippen LogP contribution >= 0.6 is 0 Å². The van der Waals surface area contributed by atoms with E-state index in [0.29, 0.717) is 12.6 Å². The van der Waals surface area contributed by atoms with Gasteiger partial charge in [-0.2, -0.15) is 0 Å². The van der Waals surface area contributed by atoms with E-state index >= 15 is 0 Å². The summed E-state index contributed by atoms with van der Waals surface area (Å²) in [5, 5.41) is 8.26. The van der Waals surface area contributed by atoms with Gasteiger partial charge in [-0.05, 0) is 25.0 Å². The first-order chi connectivity index (χ1) is 11.8. The molecule has 0 amide bonds. The molecule has 0 N–H and O–H groups in total. The van der Waals surface area contributed by atoms with E-state index < -0.39 is 0 Å². The maximum atomic E-state index is 6.04. The second-order valence-corrected chi connectivity index (χ2v) is 6.76. The van der Waals surface area contributed by atoms with Gasteiger partial charge in [-0.1, -0.05) is 11.3 Å². The zero-order chi connectivity index (χ0) is 16.1. The Hall–Kier alpha value is -2.25. The molecule has 0 unspecified atom stereocenters. The monoisotopic (exact) mass is 324 g/mol. The predicted molar refractivity (Wildman–Crippen MR) is 87.5 cm³/mol. The van der Waals surface area contributed by atoms with Gasteiger partial charge in [0.05, 0.1) is 36.3 Å². The number of aryl methyl sites for hydroxylation is 1. The van der Waals surface area contributed by atoms with Crippen LogP contribution in [-0.4, -0.2) is 48.5 Å². The summed E-state index contributed by atoms with van der Waals surface area (Å²) in [5.41, 5.74) is 4.45. The Labute approximate surface area is 139 Å². The van der Waals surface area contributed by atoms with Gasteiger partial charge >= 0.3 is 0 Å². The number of pyridine rings is 1. The Morgan fingerprint density at radius 3 is 3.25 bits per heavy atom. The fourth-order valence-corrected chi connectivity index (χ4v) is 3.90. The third-order valence-electron chi connectivity index (χ3n) is 5.13. The molecule has 5 heterocycles. The molecular weight excluding hydrogens is 304 g/mol. The van der Waals surface area contributed by atoms with Crippen molar-refractivity contribution in [3.63, 3.8) is 0 Å². The van der Waals surface area contributed by atoms with E-state index in [9.17, 15) is 0 Å². The van der Waals surface area contributed by atoms with Crippen molar-refractivity contribution in [1.29, 1.82) is 0 Å². The molecule has 124 valence electrons. The number of aromatic nitrogens is 5. The standard InChI is InChI=1S/C17H20N6O/c1-12-3-2-5-22-9-13(19-17(12)22)8-21-6-4-15-16(10-21)24-11-14-7-18-20-23(14)15/h2-3,5,7,9,15-16H,4,6,8,10-11H2,1H3/t15-,16-/m0/s1. The largest absolute Gasteiger partial charge is 0.368 e. The van der Waals surface area contributed by atoms with Gasteiger partial charge in [0.25, 0.3) is 0 Å². The van der Waals surface area contributed by atoms with Gasteiger partial charge in [-0.25, -0.2) is 9.67 Å². The molecule has 2 aliphatic heterocycles. The predicted octanol–water partition coefficient (Wildman–Crippen LogP) is 1.58. The van der Waals surface area contributed by atoms with Crippen LogP contribution in [0.2, 0.25) is 0 Å². The maximum Gasteiger partial charge on any atom is 0.139 e. The summed E-state index contributed by atoms with van der Waals surface area (Å²) in [5.74, 6) is 0. The van der Waals surface area contributed by atoms with E-state index in [1.54, 1.807) is 0 Å². The number of ether oxygens (including phenoxy) is 1. The first-order valence-electron chi connectivity index (χ1n) is 8.44. The molecule has 0 aromatic carbocycles. The van der Waals surface area contributed by atoms with Crippen LogP contribution in [0.25, 0.3) is 5.65 Å². The summed E-state index contributed by atoms with van der Waals surface area (Å²) in [4.78, 5) is 7.22. The molecule has 24 heavy (non-hydrogen) atoms. The average molecular weight is 324 g/mol. The minimum Gasteiger partial charge on any atom is -0.368 e. The summed E-state index contributed by atoms with van der Waals surface area (Å²) in [6.45, 7) is 5.50. The summed E-state index contributed by atoms with van der Waals surface area (Å²) in [7, 11) is 0. The maximum absolute atomic E-state index is 6.04. The molecule has 7 nitrogen and oxygen atoms in total. The number of piperidine rings is 1. The van der Waals surface area contributed by atoms with Crippen LogP contribution in [0, 0.1) is 6.92 Å². The Balaban J connectivity index is 1.33. The van der Waals surface area contributed by atoms with Gasteiger partial charge in [0, 0.05) is 32.0 Å². The topological polar surface area (TPSA) is 60.5 Å². The molecule has 3 aromatic rings. The SMILES string of the molecule is Cc1cccn2cc(CN3CC[C@H]4[C@H](C3)OCc3cnnn34)nc12. The van der Waals surface area contributed by atoms with Crippen molar-refractivity contribution in [3.8, 4) is 0 Å². The smallest absolute Gasteiger partial charge is 0.139 e. The molecule has 5 rings (SSSR count). The van der Waals surface area contributed by atoms with Crippen molar-refractivity contribution in [2.45, 2.75) is 38.6 Å². The highest BCUT2D eigenvalue weighted by atomic mass is 16.5. The molecule has 0 aliphatic carbocycles. The lowest BCUT2D eigenvalue weighted by molar-refractivity contribution is -0.0706. The molecule has 2 atom stereocenters. The minimum absolute atomic E-state index is 0.187. The van der Waals surface area contributed by atoms with Crippen LogP contribution in [0.5, 0.6) is 0 Å². The second-order valence-electron chi connectivity index (χ2n) is 6.76. The van der Waals surface area contributed by atoms with E-state index in [1.807, 2.05) is 6.20 Å². The zero-order valence-corrected chi connectivity index (χ0v) is 13.7. The van der Waals surface area contributed by atoms with Crippen LogP contribution in [-0.2, 0) is 17.9 Å². The normalized spacial score (nSPS) is 24.0. The van der Waals surface area contributed by atoms with Crippen molar-refractivity contribution in [3.05, 3.63) is 47.7 Å². The van der Waals surface area contributed by atoms with Crippen molar-refractivity contribution >= 4 is 5.65 Å². The van der Waals surface area contributed by atoms with Gasteiger partial charge in [-0.15, -0.1) is 5.10 Å². The van der Waals surface area contributed by atoms with Crippen LogP contribution in [0.1, 0.15) is 29.4 Å². The van der Waals surface area contributed by atoms with Crippen molar-refractivity contribution in [2.24, 2.45) is 0 Å². The molecule has 7 heteroatoms. The van der Waals surface area contributed by atoms with Crippen LogP contribution in [0.15, 0.2) is 30.7 Å². The highest BCUT2D eigenvalue weighted by molar-refractivity contribution is 5.47. The second kappa shape index (κ2) is 5.39. The lowest BCUT2D eigenvalue weighted by Gasteiger charge is -2.40. The number of hydrogen-bond donors (Lipinski definition) is 0. The number of imidazole rings is 1. The van der Waals surface area contributed by atoms with Gasteiger partial charge in [0.15, 0.2) is 0 Å². The third kappa shape index (κ3) is 2.23. The lowest BCUT2D eigenvalue weighted by atomic mass is 10.00. The molecular formula is C17H20N6O. The number of hydrogen-bond acceptors (Lipinski definition) is 5. The Morgan fingerprint density at radius 1 is 1.38 bits per heavy atom. The van der Waals surface area contributed by atoms with Gasteiger partial charge in [0.1, 0.15) is 5.65 Å². The van der Waals surface area contributed by atoms with Gasteiger partial charge in [-0.3, -0.25) is 4.90 Å². The summed E-state index contributed by atoms with van der Waals surface area (Å²) >= 11 is 0. The van der Waals surface area contributed by atoms with Gasteiger partial charge in [0.2, 0.25) is 0 Å². The molecule has 3 aromatic heterocycles. The third-order valence-corrected chi connectivity index (χ3v) is 5.13.